The van der Waals surface area contributed by atoms with Crippen LogP contribution in [-0.4, -0.2) is 25.9 Å². The fourth-order valence-corrected chi connectivity index (χ4v) is 3.05. The molecule has 2 rings (SSSR count). The summed E-state index contributed by atoms with van der Waals surface area (Å²) in [6.07, 6.45) is 0. The van der Waals surface area contributed by atoms with Gasteiger partial charge in [-0.3, -0.25) is 9.00 Å². The molecule has 1 amide bonds. The first-order valence-electron chi connectivity index (χ1n) is 7.89. The number of rotatable bonds is 5. The summed E-state index contributed by atoms with van der Waals surface area (Å²) in [7, 11) is -1.08. The summed E-state index contributed by atoms with van der Waals surface area (Å²) in [6.45, 7) is 5.66. The number of carboxylic acid groups (broad SMARTS) is 1. The first kappa shape index (κ1) is 19.8. The van der Waals surface area contributed by atoms with Crippen LogP contribution >= 0.6 is 0 Å². The minimum absolute atomic E-state index is 0.231. The number of carbonyl (C=O) groups excluding carboxylic acids is 1. The fraction of sp³-hybridized carbons (Fsp3) is 0.263. The number of benzene rings is 2. The molecule has 0 aliphatic rings. The van der Waals surface area contributed by atoms with Crippen molar-refractivity contribution in [3.05, 3.63) is 65.0 Å². The van der Waals surface area contributed by atoms with Crippen molar-refractivity contribution < 1.29 is 23.3 Å². The molecule has 1 atom stereocenters. The predicted octanol–water partition coefficient (Wildman–Crippen LogP) is 3.82. The monoisotopic (exact) mass is 377 g/mol. The van der Waals surface area contributed by atoms with Crippen LogP contribution in [0, 0.1) is 5.82 Å². The van der Waals surface area contributed by atoms with Gasteiger partial charge in [-0.1, -0.05) is 12.1 Å². The smallest absolute Gasteiger partial charge is 0.335 e. The van der Waals surface area contributed by atoms with Crippen LogP contribution in [0.4, 0.5) is 10.1 Å². The Morgan fingerprint density at radius 3 is 2.42 bits per heavy atom. The van der Waals surface area contributed by atoms with Gasteiger partial charge in [0.15, 0.2) is 0 Å². The third kappa shape index (κ3) is 4.98. The Morgan fingerprint density at radius 1 is 1.15 bits per heavy atom. The number of anilines is 1. The van der Waals surface area contributed by atoms with Crippen LogP contribution in [0.2, 0.25) is 0 Å². The van der Waals surface area contributed by atoms with Gasteiger partial charge in [0.2, 0.25) is 0 Å². The van der Waals surface area contributed by atoms with Gasteiger partial charge >= 0.3 is 5.97 Å². The van der Waals surface area contributed by atoms with Crippen LogP contribution in [0.5, 0.6) is 0 Å². The van der Waals surface area contributed by atoms with Crippen molar-refractivity contribution in [3.63, 3.8) is 0 Å². The highest BCUT2D eigenvalue weighted by atomic mass is 32.2. The summed E-state index contributed by atoms with van der Waals surface area (Å²) in [5, 5.41) is 11.4. The molecule has 0 radical (unpaired) electrons. The molecular weight excluding hydrogens is 357 g/mol. The Labute approximate surface area is 153 Å². The molecule has 2 aromatic carbocycles. The van der Waals surface area contributed by atoms with Crippen molar-refractivity contribution >= 4 is 28.4 Å². The van der Waals surface area contributed by atoms with Crippen molar-refractivity contribution in [2.75, 3.05) is 5.32 Å². The van der Waals surface area contributed by atoms with E-state index >= 15 is 0 Å². The number of hydrogen-bond donors (Lipinski definition) is 2. The van der Waals surface area contributed by atoms with Crippen molar-refractivity contribution in [1.82, 2.24) is 0 Å². The third-order valence-corrected chi connectivity index (χ3v) is 5.59. The molecule has 1 unspecified atom stereocenters. The lowest BCUT2D eigenvalue weighted by molar-refractivity contribution is 0.0695. The molecule has 5 nitrogen and oxygen atoms in total. The molecule has 2 aromatic rings. The molecule has 7 heteroatoms. The molecular formula is C19H20FNO4S. The van der Waals surface area contributed by atoms with Gasteiger partial charge in [0.1, 0.15) is 5.82 Å². The maximum atomic E-state index is 14.0. The normalized spacial score (nSPS) is 12.5. The first-order chi connectivity index (χ1) is 12.1. The zero-order chi connectivity index (χ0) is 19.5. The van der Waals surface area contributed by atoms with Gasteiger partial charge in [0.25, 0.3) is 5.91 Å². The van der Waals surface area contributed by atoms with E-state index in [1.165, 1.54) is 6.07 Å². The summed E-state index contributed by atoms with van der Waals surface area (Å²) in [5.74, 6) is -2.52. The summed E-state index contributed by atoms with van der Waals surface area (Å²) in [6, 6.07) is 9.96. The summed E-state index contributed by atoms with van der Waals surface area (Å²) in [4.78, 5) is 23.1. The molecule has 2 N–H and O–H groups in total. The Bertz CT molecular complexity index is 874. The number of carboxylic acids is 1. The second-order valence-electron chi connectivity index (χ2n) is 6.76. The van der Waals surface area contributed by atoms with E-state index in [0.717, 1.165) is 17.7 Å². The lowest BCUT2D eigenvalue weighted by atomic mass is 10.1. The van der Waals surface area contributed by atoms with Crippen molar-refractivity contribution in [1.29, 1.82) is 0 Å². The number of hydrogen-bond acceptors (Lipinski definition) is 3. The van der Waals surface area contributed by atoms with E-state index in [1.807, 2.05) is 26.8 Å². The van der Waals surface area contributed by atoms with Gasteiger partial charge in [0.05, 0.1) is 11.1 Å². The average molecular weight is 377 g/mol. The average Bonchev–Trinajstić information content (AvgIpc) is 2.53. The lowest BCUT2D eigenvalue weighted by Gasteiger charge is -2.18. The molecule has 0 saturated heterocycles. The van der Waals surface area contributed by atoms with E-state index < -0.39 is 28.5 Å². The maximum Gasteiger partial charge on any atom is 0.335 e. The number of aromatic carboxylic acids is 1. The van der Waals surface area contributed by atoms with Crippen LogP contribution in [0.25, 0.3) is 0 Å². The van der Waals surface area contributed by atoms with E-state index in [-0.39, 0.29) is 15.9 Å². The fourth-order valence-electron chi connectivity index (χ4n) is 2.14. The van der Waals surface area contributed by atoms with Crippen LogP contribution in [0.3, 0.4) is 0 Å². The highest BCUT2D eigenvalue weighted by Crippen LogP contribution is 2.20. The summed E-state index contributed by atoms with van der Waals surface area (Å²) in [5.41, 5.74) is 0.752. The molecule has 138 valence electrons. The Kier molecular flexibility index (Phi) is 5.92. The highest BCUT2D eigenvalue weighted by Gasteiger charge is 2.20. The van der Waals surface area contributed by atoms with Crippen molar-refractivity contribution in [2.45, 2.75) is 31.3 Å². The molecule has 26 heavy (non-hydrogen) atoms. The molecule has 0 aliphatic heterocycles. The molecule has 0 aromatic heterocycles. The Morgan fingerprint density at radius 2 is 1.85 bits per heavy atom. The maximum absolute atomic E-state index is 14.0. The van der Waals surface area contributed by atoms with E-state index in [0.29, 0.717) is 11.4 Å². The van der Waals surface area contributed by atoms with E-state index in [9.17, 15) is 18.2 Å². The predicted molar refractivity (Wildman–Crippen MR) is 99.4 cm³/mol. The summed E-state index contributed by atoms with van der Waals surface area (Å²) >= 11 is 0. The zero-order valence-corrected chi connectivity index (χ0v) is 15.5. The van der Waals surface area contributed by atoms with Crippen LogP contribution < -0.4 is 5.32 Å². The lowest BCUT2D eigenvalue weighted by Crippen LogP contribution is -2.23. The Balaban J connectivity index is 2.16. The standard InChI is InChI=1S/C19H20FNO4S/c1-19(2,3)26(25)11-12-5-4-6-14(9-12)21-17(22)15-8-7-13(18(23)24)10-16(15)20/h4-10H,11H2,1-3H3,(H,21,22)(H,23,24). The van der Waals surface area contributed by atoms with Gasteiger partial charge < -0.3 is 10.4 Å². The molecule has 0 fully saturated rings. The molecule has 0 heterocycles. The zero-order valence-electron chi connectivity index (χ0n) is 14.7. The van der Waals surface area contributed by atoms with Crippen molar-refractivity contribution in [2.24, 2.45) is 0 Å². The summed E-state index contributed by atoms with van der Waals surface area (Å²) < 4.78 is 25.9. The minimum atomic E-state index is -1.27. The van der Waals surface area contributed by atoms with Gasteiger partial charge in [-0.15, -0.1) is 0 Å². The number of amides is 1. The first-order valence-corrected chi connectivity index (χ1v) is 9.21. The van der Waals surface area contributed by atoms with Gasteiger partial charge in [-0.25, -0.2) is 9.18 Å². The molecule has 0 spiro atoms. The van der Waals surface area contributed by atoms with Crippen LogP contribution in [-0.2, 0) is 16.6 Å². The third-order valence-electron chi connectivity index (χ3n) is 3.63. The van der Waals surface area contributed by atoms with E-state index in [4.69, 9.17) is 5.11 Å². The van der Waals surface area contributed by atoms with Gasteiger partial charge in [-0.05, 0) is 56.7 Å². The second kappa shape index (κ2) is 7.78. The van der Waals surface area contributed by atoms with Gasteiger partial charge in [0, 0.05) is 27.0 Å². The van der Waals surface area contributed by atoms with Crippen LogP contribution in [0.1, 0.15) is 47.1 Å². The number of nitrogens with one attached hydrogen (secondary N) is 1. The van der Waals surface area contributed by atoms with E-state index in [1.54, 1.807) is 18.2 Å². The number of halogens is 1. The van der Waals surface area contributed by atoms with Gasteiger partial charge in [-0.2, -0.15) is 0 Å². The van der Waals surface area contributed by atoms with Crippen molar-refractivity contribution in [3.8, 4) is 0 Å². The molecule has 0 saturated carbocycles. The molecule has 0 aliphatic carbocycles. The number of carbonyl (C=O) groups is 2. The molecule has 0 bridgehead atoms. The second-order valence-corrected chi connectivity index (χ2v) is 8.96. The topological polar surface area (TPSA) is 83.5 Å². The van der Waals surface area contributed by atoms with Crippen LogP contribution in [0.15, 0.2) is 42.5 Å². The SMILES string of the molecule is CC(C)(C)S(=O)Cc1cccc(NC(=O)c2ccc(C(=O)O)cc2F)c1. The van der Waals surface area contributed by atoms with E-state index in [2.05, 4.69) is 5.32 Å². The largest absolute Gasteiger partial charge is 0.478 e. The minimum Gasteiger partial charge on any atom is -0.478 e. The Hall–Kier alpha value is -2.54. The quantitative estimate of drug-likeness (QED) is 0.830. The highest BCUT2D eigenvalue weighted by molar-refractivity contribution is 7.85.